The molecule has 3 aromatic rings. The number of benzene rings is 2. The molecule has 0 spiro atoms. The molecule has 1 aromatic heterocycles. The van der Waals surface area contributed by atoms with Crippen LogP contribution >= 0.6 is 27.5 Å². The van der Waals surface area contributed by atoms with Crippen LogP contribution in [0.5, 0.6) is 0 Å². The molecule has 0 saturated heterocycles. The normalized spacial score (nSPS) is 10.6. The fraction of sp³-hybridized carbons (Fsp3) is 0. The van der Waals surface area contributed by atoms with Gasteiger partial charge in [-0.1, -0.05) is 54.1 Å². The van der Waals surface area contributed by atoms with E-state index in [2.05, 4.69) is 25.9 Å². The average Bonchev–Trinajstić information content (AvgIpc) is 2.51. The van der Waals surface area contributed by atoms with E-state index in [1.54, 1.807) is 0 Å². The summed E-state index contributed by atoms with van der Waals surface area (Å²) in [6, 6.07) is 17.2. The Labute approximate surface area is 135 Å². The third kappa shape index (κ3) is 2.91. The molecule has 0 aliphatic carbocycles. The number of halogens is 2. The van der Waals surface area contributed by atoms with Crippen molar-refractivity contribution in [1.82, 2.24) is 9.97 Å². The number of rotatable bonds is 2. The van der Waals surface area contributed by atoms with E-state index in [9.17, 15) is 0 Å². The van der Waals surface area contributed by atoms with E-state index in [4.69, 9.17) is 17.3 Å². The van der Waals surface area contributed by atoms with Crippen molar-refractivity contribution in [2.24, 2.45) is 0 Å². The minimum absolute atomic E-state index is 0.402. The van der Waals surface area contributed by atoms with Gasteiger partial charge in [0.2, 0.25) is 0 Å². The quantitative estimate of drug-likeness (QED) is 0.713. The lowest BCUT2D eigenvalue weighted by Crippen LogP contribution is -2.00. The van der Waals surface area contributed by atoms with Gasteiger partial charge in [0.05, 0.1) is 10.2 Å². The molecule has 0 aliphatic heterocycles. The molecule has 3 nitrogen and oxygen atoms in total. The van der Waals surface area contributed by atoms with Gasteiger partial charge in [-0.05, 0) is 28.1 Å². The van der Waals surface area contributed by atoms with Gasteiger partial charge in [-0.2, -0.15) is 0 Å². The van der Waals surface area contributed by atoms with Crippen molar-refractivity contribution in [1.29, 1.82) is 0 Å². The third-order valence-corrected chi connectivity index (χ3v) is 4.02. The van der Waals surface area contributed by atoms with Crippen molar-refractivity contribution in [2.75, 3.05) is 5.73 Å². The van der Waals surface area contributed by atoms with Gasteiger partial charge in [0, 0.05) is 16.1 Å². The molecular formula is C16H11BrClN3. The van der Waals surface area contributed by atoms with Crippen LogP contribution in [0.15, 0.2) is 59.1 Å². The molecule has 0 aliphatic rings. The van der Waals surface area contributed by atoms with E-state index in [-0.39, 0.29) is 0 Å². The summed E-state index contributed by atoms with van der Waals surface area (Å²) in [5.74, 6) is 0.955. The Morgan fingerprint density at radius 2 is 1.62 bits per heavy atom. The highest BCUT2D eigenvalue weighted by molar-refractivity contribution is 9.10. The zero-order chi connectivity index (χ0) is 14.8. The summed E-state index contributed by atoms with van der Waals surface area (Å²) in [6.07, 6.45) is 0. The van der Waals surface area contributed by atoms with Crippen LogP contribution in [0, 0.1) is 0 Å². The first-order valence-corrected chi connectivity index (χ1v) is 7.46. The molecule has 0 amide bonds. The minimum atomic E-state index is 0.402. The van der Waals surface area contributed by atoms with Gasteiger partial charge in [-0.15, -0.1) is 0 Å². The van der Waals surface area contributed by atoms with Gasteiger partial charge < -0.3 is 5.73 Å². The largest absolute Gasteiger partial charge is 0.383 e. The molecule has 0 atom stereocenters. The van der Waals surface area contributed by atoms with Crippen LogP contribution in [-0.4, -0.2) is 9.97 Å². The lowest BCUT2D eigenvalue weighted by molar-refractivity contribution is 1.17. The molecule has 21 heavy (non-hydrogen) atoms. The highest BCUT2D eigenvalue weighted by Crippen LogP contribution is 2.32. The first kappa shape index (κ1) is 14.0. The van der Waals surface area contributed by atoms with Crippen LogP contribution in [0.25, 0.3) is 22.6 Å². The topological polar surface area (TPSA) is 51.8 Å². The lowest BCUT2D eigenvalue weighted by atomic mass is 10.1. The highest BCUT2D eigenvalue weighted by atomic mass is 79.9. The number of hydrogen-bond acceptors (Lipinski definition) is 3. The van der Waals surface area contributed by atoms with Crippen molar-refractivity contribution in [3.8, 4) is 22.6 Å². The summed E-state index contributed by atoms with van der Waals surface area (Å²) < 4.78 is 0.694. The number of nitrogens with two attached hydrogens (primary N) is 1. The standard InChI is InChI=1S/C16H11BrClN3/c17-13-14(10-5-2-1-3-6-10)20-16(21-15(13)19)11-7-4-8-12(18)9-11/h1-9H,(H2,19,20,21). The zero-order valence-electron chi connectivity index (χ0n) is 10.9. The molecule has 3 rings (SSSR count). The Morgan fingerprint density at radius 3 is 2.33 bits per heavy atom. The van der Waals surface area contributed by atoms with Crippen LogP contribution in [0.4, 0.5) is 5.82 Å². The van der Waals surface area contributed by atoms with E-state index in [1.807, 2.05) is 54.6 Å². The maximum atomic E-state index is 6.03. The predicted molar refractivity (Wildman–Crippen MR) is 90.0 cm³/mol. The van der Waals surface area contributed by atoms with Crippen LogP contribution in [-0.2, 0) is 0 Å². The molecule has 0 fully saturated rings. The van der Waals surface area contributed by atoms with Gasteiger partial charge >= 0.3 is 0 Å². The van der Waals surface area contributed by atoms with E-state index < -0.39 is 0 Å². The molecule has 0 bridgehead atoms. The molecular weight excluding hydrogens is 350 g/mol. The molecule has 1 heterocycles. The van der Waals surface area contributed by atoms with E-state index in [0.29, 0.717) is 21.1 Å². The second-order valence-electron chi connectivity index (χ2n) is 4.47. The number of hydrogen-bond donors (Lipinski definition) is 1. The van der Waals surface area contributed by atoms with Crippen molar-refractivity contribution in [2.45, 2.75) is 0 Å². The Balaban J connectivity index is 2.19. The summed E-state index contributed by atoms with van der Waals surface area (Å²) in [4.78, 5) is 8.95. The van der Waals surface area contributed by atoms with Crippen molar-refractivity contribution in [3.05, 3.63) is 64.1 Å². The Morgan fingerprint density at radius 1 is 0.905 bits per heavy atom. The highest BCUT2D eigenvalue weighted by Gasteiger charge is 2.13. The van der Waals surface area contributed by atoms with Crippen LogP contribution in [0.3, 0.4) is 0 Å². The summed E-state index contributed by atoms with van der Waals surface area (Å²) in [6.45, 7) is 0. The monoisotopic (exact) mass is 359 g/mol. The zero-order valence-corrected chi connectivity index (χ0v) is 13.3. The maximum Gasteiger partial charge on any atom is 0.162 e. The van der Waals surface area contributed by atoms with Gasteiger partial charge in [0.25, 0.3) is 0 Å². The van der Waals surface area contributed by atoms with Crippen molar-refractivity contribution < 1.29 is 0 Å². The molecule has 0 unspecified atom stereocenters. The molecule has 2 N–H and O–H groups in total. The average molecular weight is 361 g/mol. The summed E-state index contributed by atoms with van der Waals surface area (Å²) >= 11 is 9.49. The van der Waals surface area contributed by atoms with Crippen LogP contribution < -0.4 is 5.73 Å². The lowest BCUT2D eigenvalue weighted by Gasteiger charge is -2.09. The van der Waals surface area contributed by atoms with Gasteiger partial charge in [-0.3, -0.25) is 0 Å². The first-order chi connectivity index (χ1) is 10.1. The maximum absolute atomic E-state index is 6.03. The number of nitrogens with zero attached hydrogens (tertiary/aromatic N) is 2. The van der Waals surface area contributed by atoms with Crippen molar-refractivity contribution in [3.63, 3.8) is 0 Å². The third-order valence-electron chi connectivity index (χ3n) is 3.01. The van der Waals surface area contributed by atoms with E-state index in [0.717, 1.165) is 16.8 Å². The molecule has 0 saturated carbocycles. The Kier molecular flexibility index (Phi) is 3.90. The first-order valence-electron chi connectivity index (χ1n) is 6.29. The molecule has 0 radical (unpaired) electrons. The number of anilines is 1. The fourth-order valence-corrected chi connectivity index (χ4v) is 2.60. The summed E-state index contributed by atoms with van der Waals surface area (Å²) in [5, 5.41) is 0.638. The predicted octanol–water partition coefficient (Wildman–Crippen LogP) is 4.81. The van der Waals surface area contributed by atoms with E-state index >= 15 is 0 Å². The molecule has 104 valence electrons. The van der Waals surface area contributed by atoms with Gasteiger partial charge in [0.15, 0.2) is 5.82 Å². The molecule has 2 aromatic carbocycles. The summed E-state index contributed by atoms with van der Waals surface area (Å²) in [7, 11) is 0. The summed E-state index contributed by atoms with van der Waals surface area (Å²) in [5.41, 5.74) is 8.57. The smallest absolute Gasteiger partial charge is 0.162 e. The van der Waals surface area contributed by atoms with Gasteiger partial charge in [-0.25, -0.2) is 9.97 Å². The second kappa shape index (κ2) is 5.84. The Bertz CT molecular complexity index is 791. The van der Waals surface area contributed by atoms with Crippen molar-refractivity contribution >= 4 is 33.3 Å². The fourth-order valence-electron chi connectivity index (χ4n) is 2.01. The minimum Gasteiger partial charge on any atom is -0.383 e. The van der Waals surface area contributed by atoms with Crippen LogP contribution in [0.1, 0.15) is 0 Å². The Hall–Kier alpha value is -1.91. The van der Waals surface area contributed by atoms with Gasteiger partial charge in [0.1, 0.15) is 5.82 Å². The SMILES string of the molecule is Nc1nc(-c2cccc(Cl)c2)nc(-c2ccccc2)c1Br. The number of nitrogen functional groups attached to an aromatic ring is 1. The van der Waals surface area contributed by atoms with E-state index in [1.165, 1.54) is 0 Å². The number of aromatic nitrogens is 2. The second-order valence-corrected chi connectivity index (χ2v) is 5.70. The van der Waals surface area contributed by atoms with Crippen LogP contribution in [0.2, 0.25) is 5.02 Å². The molecule has 5 heteroatoms.